The summed E-state index contributed by atoms with van der Waals surface area (Å²) >= 11 is 0. The van der Waals surface area contributed by atoms with Crippen LogP contribution in [-0.2, 0) is 0 Å². The van der Waals surface area contributed by atoms with Crippen molar-refractivity contribution in [2.24, 2.45) is 0 Å². The molecule has 0 saturated heterocycles. The van der Waals surface area contributed by atoms with Gasteiger partial charge in [-0.2, -0.15) is 5.10 Å². The highest BCUT2D eigenvalue weighted by Gasteiger charge is 2.16. The van der Waals surface area contributed by atoms with Gasteiger partial charge in [-0.05, 0) is 36.4 Å². The Bertz CT molecular complexity index is 1170. The van der Waals surface area contributed by atoms with Crippen molar-refractivity contribution in [2.75, 3.05) is 0 Å². The second-order valence-corrected chi connectivity index (χ2v) is 5.35. The number of ether oxygens (including phenoxy) is 1. The molecule has 2 aromatic heterocycles. The minimum Gasteiger partial charge on any atom is -0.476 e. The van der Waals surface area contributed by atoms with E-state index >= 15 is 0 Å². The number of nitrogens with one attached hydrogen (secondary N) is 2. The molecule has 0 aliphatic rings. The van der Waals surface area contributed by atoms with E-state index in [1.165, 1.54) is 0 Å². The third-order valence-electron chi connectivity index (χ3n) is 3.57. The molecule has 0 amide bonds. The van der Waals surface area contributed by atoms with E-state index < -0.39 is 5.97 Å². The van der Waals surface area contributed by atoms with Gasteiger partial charge in [0, 0.05) is 16.5 Å². The van der Waals surface area contributed by atoms with Gasteiger partial charge in [0.1, 0.15) is 5.75 Å². The lowest BCUT2D eigenvalue weighted by molar-refractivity contribution is 0.0687. The average Bonchev–Trinajstić information content (AvgIpc) is 3.29. The third kappa shape index (κ3) is 3.09. The SMILES string of the molecule is O=C(O)c1[nH]nnc1Oc1cccc(C#Cc2ccc3[nH]ncc3c2)c1. The van der Waals surface area contributed by atoms with Gasteiger partial charge in [-0.3, -0.25) is 5.10 Å². The number of nitrogens with zero attached hydrogens (tertiary/aromatic N) is 3. The Morgan fingerprint density at radius 1 is 1.08 bits per heavy atom. The Morgan fingerprint density at radius 2 is 1.92 bits per heavy atom. The number of carboxylic acids is 1. The van der Waals surface area contributed by atoms with Crippen LogP contribution in [-0.4, -0.2) is 36.7 Å². The zero-order valence-electron chi connectivity index (χ0n) is 13.2. The first-order valence-corrected chi connectivity index (χ1v) is 7.56. The molecule has 0 radical (unpaired) electrons. The van der Waals surface area contributed by atoms with E-state index in [4.69, 9.17) is 9.84 Å². The normalized spacial score (nSPS) is 10.3. The minimum absolute atomic E-state index is 0.104. The second-order valence-electron chi connectivity index (χ2n) is 5.35. The summed E-state index contributed by atoms with van der Waals surface area (Å²) in [4.78, 5) is 11.1. The lowest BCUT2D eigenvalue weighted by Crippen LogP contribution is -1.99. The van der Waals surface area contributed by atoms with Crippen LogP contribution in [0.4, 0.5) is 0 Å². The van der Waals surface area contributed by atoms with Gasteiger partial charge in [-0.15, -0.1) is 0 Å². The number of aromatic carboxylic acids is 1. The number of rotatable bonds is 3. The van der Waals surface area contributed by atoms with Crippen LogP contribution < -0.4 is 4.74 Å². The Kier molecular flexibility index (Phi) is 3.80. The summed E-state index contributed by atoms with van der Waals surface area (Å²) in [6.07, 6.45) is 1.74. The van der Waals surface area contributed by atoms with Crippen molar-refractivity contribution in [1.82, 2.24) is 25.6 Å². The lowest BCUT2D eigenvalue weighted by atomic mass is 10.1. The fourth-order valence-corrected chi connectivity index (χ4v) is 2.34. The number of carbonyl (C=O) groups is 1. The van der Waals surface area contributed by atoms with E-state index in [-0.39, 0.29) is 11.6 Å². The van der Waals surface area contributed by atoms with Gasteiger partial charge in [0.05, 0.1) is 11.7 Å². The summed E-state index contributed by atoms with van der Waals surface area (Å²) in [5, 5.41) is 26.2. The standard InChI is InChI=1S/C18H11N5O3/c24-18(25)16-17(22-23-21-16)26-14-3-1-2-11(9-14)4-5-12-6-7-15-13(8-12)10-19-20-15/h1-3,6-10H,(H,19,20)(H,24,25)(H,21,22,23). The number of fused-ring (bicyclic) bond motifs is 1. The molecule has 26 heavy (non-hydrogen) atoms. The van der Waals surface area contributed by atoms with Crippen molar-refractivity contribution in [1.29, 1.82) is 0 Å². The molecule has 4 rings (SSSR count). The zero-order chi connectivity index (χ0) is 17.9. The van der Waals surface area contributed by atoms with Crippen molar-refractivity contribution < 1.29 is 14.6 Å². The van der Waals surface area contributed by atoms with Crippen molar-refractivity contribution in [2.45, 2.75) is 0 Å². The highest BCUT2D eigenvalue weighted by Crippen LogP contribution is 2.22. The van der Waals surface area contributed by atoms with E-state index in [0.29, 0.717) is 5.75 Å². The Labute approximate surface area is 146 Å². The van der Waals surface area contributed by atoms with Gasteiger partial charge in [0.2, 0.25) is 5.69 Å². The van der Waals surface area contributed by atoms with Gasteiger partial charge in [0.15, 0.2) is 0 Å². The highest BCUT2D eigenvalue weighted by molar-refractivity contribution is 5.87. The molecule has 4 aromatic rings. The summed E-state index contributed by atoms with van der Waals surface area (Å²) in [6, 6.07) is 12.7. The predicted molar refractivity (Wildman–Crippen MR) is 91.9 cm³/mol. The Morgan fingerprint density at radius 3 is 2.77 bits per heavy atom. The fourth-order valence-electron chi connectivity index (χ4n) is 2.34. The van der Waals surface area contributed by atoms with Crippen molar-refractivity contribution >= 4 is 16.9 Å². The molecule has 0 bridgehead atoms. The van der Waals surface area contributed by atoms with Gasteiger partial charge >= 0.3 is 5.97 Å². The molecule has 8 heteroatoms. The maximum absolute atomic E-state index is 11.1. The first-order valence-electron chi connectivity index (χ1n) is 7.56. The molecule has 126 valence electrons. The maximum atomic E-state index is 11.1. The molecule has 2 heterocycles. The molecule has 0 spiro atoms. The molecular formula is C18H11N5O3. The first-order chi connectivity index (χ1) is 12.7. The number of H-pyrrole nitrogens is 2. The summed E-state index contributed by atoms with van der Waals surface area (Å²) in [5.41, 5.74) is 2.31. The molecule has 2 aromatic carbocycles. The third-order valence-corrected chi connectivity index (χ3v) is 3.57. The second kappa shape index (κ2) is 6.41. The number of hydrogen-bond acceptors (Lipinski definition) is 5. The van der Waals surface area contributed by atoms with Gasteiger partial charge in [-0.25, -0.2) is 9.89 Å². The monoisotopic (exact) mass is 345 g/mol. The quantitative estimate of drug-likeness (QED) is 0.491. The van der Waals surface area contributed by atoms with Crippen LogP contribution in [0.2, 0.25) is 0 Å². The molecule has 0 aliphatic heterocycles. The number of aromatic nitrogens is 5. The summed E-state index contributed by atoms with van der Waals surface area (Å²) < 4.78 is 5.48. The van der Waals surface area contributed by atoms with Crippen LogP contribution in [0.5, 0.6) is 11.6 Å². The largest absolute Gasteiger partial charge is 0.476 e. The molecule has 0 fully saturated rings. The van der Waals surface area contributed by atoms with E-state index in [9.17, 15) is 4.79 Å². The van der Waals surface area contributed by atoms with Crippen LogP contribution in [0.1, 0.15) is 21.6 Å². The fraction of sp³-hybridized carbons (Fsp3) is 0. The molecule has 8 nitrogen and oxygen atoms in total. The topological polar surface area (TPSA) is 117 Å². The van der Waals surface area contributed by atoms with Crippen LogP contribution in [0.3, 0.4) is 0 Å². The predicted octanol–water partition coefficient (Wildman–Crippen LogP) is 2.57. The molecular weight excluding hydrogens is 334 g/mol. The number of aromatic amines is 2. The van der Waals surface area contributed by atoms with E-state index in [1.54, 1.807) is 24.4 Å². The lowest BCUT2D eigenvalue weighted by Gasteiger charge is -2.02. The zero-order valence-corrected chi connectivity index (χ0v) is 13.2. The molecule has 0 unspecified atom stereocenters. The maximum Gasteiger partial charge on any atom is 0.359 e. The Balaban J connectivity index is 1.58. The van der Waals surface area contributed by atoms with Crippen molar-refractivity contribution in [3.8, 4) is 23.5 Å². The van der Waals surface area contributed by atoms with Crippen molar-refractivity contribution in [3.05, 3.63) is 65.5 Å². The van der Waals surface area contributed by atoms with E-state index in [2.05, 4.69) is 37.4 Å². The van der Waals surface area contributed by atoms with E-state index in [1.807, 2.05) is 24.3 Å². The molecule has 0 atom stereocenters. The minimum atomic E-state index is -1.20. The molecule has 3 N–H and O–H groups in total. The Hall–Kier alpha value is -4.12. The smallest absolute Gasteiger partial charge is 0.359 e. The number of hydrogen-bond donors (Lipinski definition) is 3. The summed E-state index contributed by atoms with van der Waals surface area (Å²) in [6.45, 7) is 0. The first kappa shape index (κ1) is 15.4. The van der Waals surface area contributed by atoms with Crippen LogP contribution in [0.15, 0.2) is 48.7 Å². The number of benzene rings is 2. The average molecular weight is 345 g/mol. The van der Waals surface area contributed by atoms with Crippen LogP contribution >= 0.6 is 0 Å². The van der Waals surface area contributed by atoms with Gasteiger partial charge in [0.25, 0.3) is 5.88 Å². The van der Waals surface area contributed by atoms with Gasteiger partial charge < -0.3 is 9.84 Å². The highest BCUT2D eigenvalue weighted by atomic mass is 16.5. The molecule has 0 aliphatic carbocycles. The van der Waals surface area contributed by atoms with Crippen LogP contribution in [0.25, 0.3) is 10.9 Å². The van der Waals surface area contributed by atoms with E-state index in [0.717, 1.165) is 22.0 Å². The van der Waals surface area contributed by atoms with Crippen LogP contribution in [0, 0.1) is 11.8 Å². The summed E-state index contributed by atoms with van der Waals surface area (Å²) in [5.74, 6) is 5.25. The van der Waals surface area contributed by atoms with Gasteiger partial charge in [-0.1, -0.05) is 28.2 Å². The number of carboxylic acid groups (broad SMARTS) is 1. The summed E-state index contributed by atoms with van der Waals surface area (Å²) in [7, 11) is 0. The van der Waals surface area contributed by atoms with Crippen molar-refractivity contribution in [3.63, 3.8) is 0 Å². The molecule has 0 saturated carbocycles.